The summed E-state index contributed by atoms with van der Waals surface area (Å²) in [4.78, 5) is 12.2. The summed E-state index contributed by atoms with van der Waals surface area (Å²) in [7, 11) is 0. The Morgan fingerprint density at radius 3 is 2.90 bits per heavy atom. The maximum Gasteiger partial charge on any atom is 0.235 e. The fourth-order valence-electron chi connectivity index (χ4n) is 2.72. The monoisotopic (exact) mass is 275 g/mol. The molecule has 0 aliphatic heterocycles. The standard InChI is InChI=1S/C15H21N3O2/c1-2-11(14(16)18-20)15(19)17-13-9-5-7-10-6-3-4-8-12(10)13/h5,7,9,11,20H,2-4,6,8H2,1H3,(H2,16,18)(H,17,19). The molecule has 1 aromatic carbocycles. The van der Waals surface area contributed by atoms with Gasteiger partial charge >= 0.3 is 0 Å². The van der Waals surface area contributed by atoms with Gasteiger partial charge in [0.15, 0.2) is 5.84 Å². The van der Waals surface area contributed by atoms with Crippen LogP contribution in [0.15, 0.2) is 23.4 Å². The molecule has 1 amide bonds. The Labute approximate surface area is 118 Å². The predicted octanol–water partition coefficient (Wildman–Crippen LogP) is 2.28. The topological polar surface area (TPSA) is 87.7 Å². The molecule has 2 rings (SSSR count). The highest BCUT2D eigenvalue weighted by molar-refractivity contribution is 6.07. The number of fused-ring (bicyclic) bond motifs is 1. The van der Waals surface area contributed by atoms with Crippen molar-refractivity contribution < 1.29 is 10.0 Å². The largest absolute Gasteiger partial charge is 0.409 e. The molecule has 0 fully saturated rings. The number of nitrogens with one attached hydrogen (secondary N) is 1. The number of amidine groups is 1. The highest BCUT2D eigenvalue weighted by Gasteiger charge is 2.23. The first-order valence-electron chi connectivity index (χ1n) is 7.06. The van der Waals surface area contributed by atoms with E-state index < -0.39 is 5.92 Å². The van der Waals surface area contributed by atoms with Crippen LogP contribution in [-0.2, 0) is 17.6 Å². The van der Waals surface area contributed by atoms with E-state index >= 15 is 0 Å². The third-order valence-electron chi connectivity index (χ3n) is 3.85. The van der Waals surface area contributed by atoms with E-state index in [-0.39, 0.29) is 11.7 Å². The molecule has 0 aromatic heterocycles. The van der Waals surface area contributed by atoms with Crippen molar-refractivity contribution in [2.75, 3.05) is 5.32 Å². The van der Waals surface area contributed by atoms with Gasteiger partial charge in [-0.25, -0.2) is 0 Å². The van der Waals surface area contributed by atoms with Crippen molar-refractivity contribution in [1.29, 1.82) is 0 Å². The Hall–Kier alpha value is -2.04. The van der Waals surface area contributed by atoms with Crippen molar-refractivity contribution in [3.05, 3.63) is 29.3 Å². The van der Waals surface area contributed by atoms with Crippen LogP contribution in [0.2, 0.25) is 0 Å². The molecule has 1 aromatic rings. The first kappa shape index (κ1) is 14.4. The van der Waals surface area contributed by atoms with E-state index in [1.165, 1.54) is 17.5 Å². The Bertz CT molecular complexity index is 526. The lowest BCUT2D eigenvalue weighted by molar-refractivity contribution is -0.118. The fraction of sp³-hybridized carbons (Fsp3) is 0.467. The number of carbonyl (C=O) groups excluding carboxylic acids is 1. The fourth-order valence-corrected chi connectivity index (χ4v) is 2.72. The lowest BCUT2D eigenvalue weighted by atomic mass is 9.90. The number of nitrogens with zero attached hydrogens (tertiary/aromatic N) is 1. The number of hydrogen-bond donors (Lipinski definition) is 3. The van der Waals surface area contributed by atoms with Gasteiger partial charge in [-0.15, -0.1) is 0 Å². The molecule has 0 spiro atoms. The van der Waals surface area contributed by atoms with Crippen LogP contribution in [0.4, 0.5) is 5.69 Å². The molecule has 4 N–H and O–H groups in total. The molecule has 0 heterocycles. The van der Waals surface area contributed by atoms with Gasteiger partial charge in [0.05, 0.1) is 5.92 Å². The van der Waals surface area contributed by atoms with Gasteiger partial charge in [0.2, 0.25) is 5.91 Å². The minimum absolute atomic E-state index is 0.0465. The number of aryl methyl sites for hydroxylation is 1. The van der Waals surface area contributed by atoms with Crippen LogP contribution in [0.1, 0.15) is 37.3 Å². The number of anilines is 1. The van der Waals surface area contributed by atoms with E-state index in [4.69, 9.17) is 10.9 Å². The Kier molecular flexibility index (Phi) is 4.61. The molecule has 1 aliphatic rings. The van der Waals surface area contributed by atoms with Crippen LogP contribution >= 0.6 is 0 Å². The van der Waals surface area contributed by atoms with Crippen LogP contribution in [0, 0.1) is 5.92 Å². The molecule has 0 bridgehead atoms. The summed E-state index contributed by atoms with van der Waals surface area (Å²) in [6.45, 7) is 1.84. The molecule has 1 atom stereocenters. The number of nitrogens with two attached hydrogens (primary N) is 1. The molecule has 20 heavy (non-hydrogen) atoms. The molecule has 0 radical (unpaired) electrons. The lowest BCUT2D eigenvalue weighted by Crippen LogP contribution is -2.34. The third kappa shape index (κ3) is 2.92. The smallest absolute Gasteiger partial charge is 0.235 e. The van der Waals surface area contributed by atoms with Crippen LogP contribution < -0.4 is 11.1 Å². The summed E-state index contributed by atoms with van der Waals surface area (Å²) in [5, 5.41) is 14.6. The summed E-state index contributed by atoms with van der Waals surface area (Å²) in [5.41, 5.74) is 8.95. The van der Waals surface area contributed by atoms with Crippen LogP contribution in [-0.4, -0.2) is 17.0 Å². The van der Waals surface area contributed by atoms with Gasteiger partial charge in [-0.05, 0) is 49.3 Å². The van der Waals surface area contributed by atoms with Gasteiger partial charge in [-0.1, -0.05) is 24.2 Å². The number of rotatable bonds is 4. The highest BCUT2D eigenvalue weighted by atomic mass is 16.4. The van der Waals surface area contributed by atoms with E-state index in [2.05, 4.69) is 16.5 Å². The van der Waals surface area contributed by atoms with Gasteiger partial charge in [0.25, 0.3) is 0 Å². The summed E-state index contributed by atoms with van der Waals surface area (Å²) >= 11 is 0. The molecule has 5 nitrogen and oxygen atoms in total. The lowest BCUT2D eigenvalue weighted by Gasteiger charge is -2.21. The maximum atomic E-state index is 12.2. The van der Waals surface area contributed by atoms with Crippen molar-refractivity contribution in [3.8, 4) is 0 Å². The molecule has 108 valence electrons. The highest BCUT2D eigenvalue weighted by Crippen LogP contribution is 2.28. The van der Waals surface area contributed by atoms with Crippen LogP contribution in [0.5, 0.6) is 0 Å². The summed E-state index contributed by atoms with van der Waals surface area (Å²) in [6, 6.07) is 6.00. The van der Waals surface area contributed by atoms with E-state index in [1.54, 1.807) is 0 Å². The summed E-state index contributed by atoms with van der Waals surface area (Å²) in [5.74, 6) is -0.865. The van der Waals surface area contributed by atoms with Crippen LogP contribution in [0.25, 0.3) is 0 Å². The minimum atomic E-state index is -0.598. The van der Waals surface area contributed by atoms with E-state index in [1.807, 2.05) is 19.1 Å². The number of oxime groups is 1. The molecule has 0 saturated heterocycles. The number of benzene rings is 1. The van der Waals surface area contributed by atoms with Gasteiger partial charge in [0.1, 0.15) is 0 Å². The average molecular weight is 275 g/mol. The molecule has 1 unspecified atom stereocenters. The van der Waals surface area contributed by atoms with Gasteiger partial charge in [0, 0.05) is 5.69 Å². The van der Waals surface area contributed by atoms with Crippen LogP contribution in [0.3, 0.4) is 0 Å². The zero-order valence-electron chi connectivity index (χ0n) is 11.7. The average Bonchev–Trinajstić information content (AvgIpc) is 2.48. The SMILES string of the molecule is CCC(C(=O)Nc1cccc2c1CCCC2)C(N)=NO. The van der Waals surface area contributed by atoms with Crippen molar-refractivity contribution in [2.24, 2.45) is 16.8 Å². The first-order valence-corrected chi connectivity index (χ1v) is 7.06. The van der Waals surface area contributed by atoms with E-state index in [0.29, 0.717) is 6.42 Å². The minimum Gasteiger partial charge on any atom is -0.409 e. The van der Waals surface area contributed by atoms with Crippen molar-refractivity contribution in [3.63, 3.8) is 0 Å². The maximum absolute atomic E-state index is 12.2. The molecule has 1 aliphatic carbocycles. The second-order valence-corrected chi connectivity index (χ2v) is 5.13. The third-order valence-corrected chi connectivity index (χ3v) is 3.85. The van der Waals surface area contributed by atoms with Crippen molar-refractivity contribution in [1.82, 2.24) is 0 Å². The normalized spacial score (nSPS) is 16.4. The Morgan fingerprint density at radius 1 is 1.45 bits per heavy atom. The van der Waals surface area contributed by atoms with Crippen molar-refractivity contribution in [2.45, 2.75) is 39.0 Å². The zero-order valence-corrected chi connectivity index (χ0v) is 11.7. The van der Waals surface area contributed by atoms with Gasteiger partial charge in [-0.2, -0.15) is 0 Å². The number of hydrogen-bond acceptors (Lipinski definition) is 3. The number of amides is 1. The van der Waals surface area contributed by atoms with Gasteiger partial charge < -0.3 is 16.3 Å². The van der Waals surface area contributed by atoms with E-state index in [0.717, 1.165) is 24.9 Å². The predicted molar refractivity (Wildman–Crippen MR) is 78.9 cm³/mol. The van der Waals surface area contributed by atoms with E-state index in [9.17, 15) is 4.79 Å². The summed E-state index contributed by atoms with van der Waals surface area (Å²) < 4.78 is 0. The molecule has 5 heteroatoms. The number of carbonyl (C=O) groups is 1. The zero-order chi connectivity index (χ0) is 14.5. The first-order chi connectivity index (χ1) is 9.67. The Morgan fingerprint density at radius 2 is 2.20 bits per heavy atom. The second-order valence-electron chi connectivity index (χ2n) is 5.13. The molecule has 0 saturated carbocycles. The quantitative estimate of drug-likeness (QED) is 0.341. The molecular weight excluding hydrogens is 254 g/mol. The Balaban J connectivity index is 2.19. The summed E-state index contributed by atoms with van der Waals surface area (Å²) in [6.07, 6.45) is 4.91. The van der Waals surface area contributed by atoms with Gasteiger partial charge in [-0.3, -0.25) is 4.79 Å². The van der Waals surface area contributed by atoms with Crippen molar-refractivity contribution >= 4 is 17.4 Å². The second kappa shape index (κ2) is 6.41. The molecular formula is C15H21N3O2.